The lowest BCUT2D eigenvalue weighted by Crippen LogP contribution is -2.41. The maximum atomic E-state index is 11.8. The van der Waals surface area contributed by atoms with Gasteiger partial charge in [0.1, 0.15) is 10.4 Å². The number of aliphatic hydroxyl groups excluding tert-OH is 1. The molecule has 0 saturated carbocycles. The molecule has 0 spiro atoms. The molecular formula is C17H20N2O4S2. The second kappa shape index (κ2) is 8.46. The van der Waals surface area contributed by atoms with Gasteiger partial charge in [-0.2, -0.15) is 0 Å². The summed E-state index contributed by atoms with van der Waals surface area (Å²) >= 11 is 6.57. The number of hydrogen-bond acceptors (Lipinski definition) is 5. The number of aryl methyl sites for hydroxylation is 1. The average molecular weight is 380 g/mol. The Morgan fingerprint density at radius 3 is 2.64 bits per heavy atom. The third-order valence-electron chi connectivity index (χ3n) is 3.70. The van der Waals surface area contributed by atoms with Crippen LogP contribution in [0.3, 0.4) is 0 Å². The van der Waals surface area contributed by atoms with Crippen LogP contribution in [0, 0.1) is 6.92 Å². The summed E-state index contributed by atoms with van der Waals surface area (Å²) in [5.41, 5.74) is 2.12. The quantitative estimate of drug-likeness (QED) is 0.650. The number of carboxylic acid groups (broad SMARTS) is 1. The molecule has 1 aliphatic heterocycles. The highest BCUT2D eigenvalue weighted by molar-refractivity contribution is 8.25. The van der Waals surface area contributed by atoms with Crippen LogP contribution in [0.5, 0.6) is 0 Å². The number of hydrogen-bond donors (Lipinski definition) is 3. The number of thiocarbonyl (C=S) groups is 1. The summed E-state index contributed by atoms with van der Waals surface area (Å²) in [4.78, 5) is 24.8. The van der Waals surface area contributed by atoms with Crippen molar-refractivity contribution < 1.29 is 19.8 Å². The van der Waals surface area contributed by atoms with E-state index in [1.165, 1.54) is 18.7 Å². The molecule has 134 valence electrons. The van der Waals surface area contributed by atoms with Crippen LogP contribution in [-0.2, 0) is 9.59 Å². The first-order valence-electron chi connectivity index (χ1n) is 7.75. The Morgan fingerprint density at radius 1 is 1.40 bits per heavy atom. The van der Waals surface area contributed by atoms with Gasteiger partial charge in [0.15, 0.2) is 6.23 Å². The molecule has 1 amide bonds. The summed E-state index contributed by atoms with van der Waals surface area (Å²) in [5.74, 6) is -1.49. The van der Waals surface area contributed by atoms with Gasteiger partial charge < -0.3 is 20.4 Å². The molecule has 1 fully saturated rings. The van der Waals surface area contributed by atoms with Gasteiger partial charge in [0.25, 0.3) is 0 Å². The molecule has 2 atom stereocenters. The predicted molar refractivity (Wildman–Crippen MR) is 102 cm³/mol. The van der Waals surface area contributed by atoms with Crippen LogP contribution in [0.1, 0.15) is 24.5 Å². The number of aliphatic carboxylic acids is 1. The Bertz CT molecular complexity index is 703. The zero-order valence-electron chi connectivity index (χ0n) is 13.9. The van der Waals surface area contributed by atoms with E-state index in [0.717, 1.165) is 11.1 Å². The number of nitrogens with zero attached hydrogens (tertiary/aromatic N) is 1. The maximum absolute atomic E-state index is 11.8. The lowest BCUT2D eigenvalue weighted by atomic mass is 10.1. The van der Waals surface area contributed by atoms with Gasteiger partial charge in [0.05, 0.1) is 0 Å². The Hall–Kier alpha value is -1.90. The minimum atomic E-state index is -1.09. The van der Waals surface area contributed by atoms with E-state index in [4.69, 9.17) is 17.3 Å². The van der Waals surface area contributed by atoms with Gasteiger partial charge in [0, 0.05) is 17.9 Å². The highest BCUT2D eigenvalue weighted by atomic mass is 32.2. The molecule has 2 rings (SSSR count). The minimum absolute atomic E-state index is 0.0488. The van der Waals surface area contributed by atoms with E-state index in [0.29, 0.717) is 9.23 Å². The molecule has 1 heterocycles. The number of nitrogens with one attached hydrogen (secondary N) is 1. The Labute approximate surface area is 155 Å². The topological polar surface area (TPSA) is 89.9 Å². The van der Waals surface area contributed by atoms with Gasteiger partial charge in [-0.05, 0) is 25.5 Å². The number of rotatable bonds is 6. The molecule has 2 unspecified atom stereocenters. The van der Waals surface area contributed by atoms with E-state index >= 15 is 0 Å². The standard InChI is InChI=1S/C17H20N2O4S2/c1-10-3-5-12(6-4-10)9-13-15(21)19(17(24)25-13)8-7-14(20)18-11(2)16(22)23/h3-6,9,11,15,21H,7-8H2,1-2H3,(H,18,20)(H,22,23)/b13-9+. The minimum Gasteiger partial charge on any atom is -0.480 e. The van der Waals surface area contributed by atoms with Crippen LogP contribution in [-0.4, -0.2) is 50.1 Å². The summed E-state index contributed by atoms with van der Waals surface area (Å²) in [5, 5.41) is 21.6. The van der Waals surface area contributed by atoms with Crippen molar-refractivity contribution in [3.8, 4) is 0 Å². The molecule has 6 nitrogen and oxygen atoms in total. The molecule has 1 saturated heterocycles. The van der Waals surface area contributed by atoms with Crippen LogP contribution in [0.15, 0.2) is 29.2 Å². The van der Waals surface area contributed by atoms with Crippen molar-refractivity contribution >= 4 is 46.3 Å². The number of amides is 1. The van der Waals surface area contributed by atoms with Gasteiger partial charge in [-0.1, -0.05) is 53.8 Å². The first-order valence-corrected chi connectivity index (χ1v) is 8.97. The van der Waals surface area contributed by atoms with Gasteiger partial charge in [-0.15, -0.1) is 0 Å². The van der Waals surface area contributed by atoms with E-state index in [1.54, 1.807) is 4.90 Å². The Balaban J connectivity index is 1.96. The molecule has 0 aromatic heterocycles. The van der Waals surface area contributed by atoms with Crippen LogP contribution >= 0.6 is 24.0 Å². The molecule has 1 aliphatic rings. The number of thioether (sulfide) groups is 1. The molecule has 3 N–H and O–H groups in total. The fourth-order valence-electron chi connectivity index (χ4n) is 2.21. The van der Waals surface area contributed by atoms with Gasteiger partial charge in [-0.25, -0.2) is 0 Å². The fourth-order valence-corrected chi connectivity index (χ4v) is 3.62. The fraction of sp³-hybridized carbons (Fsp3) is 0.353. The molecular weight excluding hydrogens is 360 g/mol. The summed E-state index contributed by atoms with van der Waals surface area (Å²) in [6, 6.07) is 6.95. The second-order valence-corrected chi connectivity index (χ2v) is 7.48. The van der Waals surface area contributed by atoms with Crippen LogP contribution in [0.4, 0.5) is 0 Å². The normalized spacial score (nSPS) is 20.0. The number of carboxylic acids is 1. The van der Waals surface area contributed by atoms with Crippen molar-refractivity contribution in [1.82, 2.24) is 10.2 Å². The summed E-state index contributed by atoms with van der Waals surface area (Å²) in [7, 11) is 0. The highest BCUT2D eigenvalue weighted by Gasteiger charge is 2.32. The first-order chi connectivity index (χ1) is 11.8. The molecule has 0 radical (unpaired) electrons. The molecule has 0 aliphatic carbocycles. The van der Waals surface area contributed by atoms with Crippen molar-refractivity contribution in [2.24, 2.45) is 0 Å². The van der Waals surface area contributed by atoms with E-state index < -0.39 is 24.1 Å². The number of carbonyl (C=O) groups excluding carboxylic acids is 1. The van der Waals surface area contributed by atoms with E-state index in [-0.39, 0.29) is 13.0 Å². The molecule has 1 aromatic rings. The summed E-state index contributed by atoms with van der Waals surface area (Å²) in [6.07, 6.45) is 1.02. The number of aliphatic hydroxyl groups is 1. The van der Waals surface area contributed by atoms with Gasteiger partial charge in [0.2, 0.25) is 5.91 Å². The van der Waals surface area contributed by atoms with Gasteiger partial charge >= 0.3 is 5.97 Å². The van der Waals surface area contributed by atoms with Crippen LogP contribution in [0.2, 0.25) is 0 Å². The maximum Gasteiger partial charge on any atom is 0.325 e. The average Bonchev–Trinajstić information content (AvgIpc) is 2.81. The van der Waals surface area contributed by atoms with E-state index in [1.807, 2.05) is 37.3 Å². The number of carbonyl (C=O) groups is 2. The largest absolute Gasteiger partial charge is 0.480 e. The lowest BCUT2D eigenvalue weighted by Gasteiger charge is -2.21. The zero-order valence-corrected chi connectivity index (χ0v) is 15.6. The molecule has 0 bridgehead atoms. The van der Waals surface area contributed by atoms with E-state index in [9.17, 15) is 14.7 Å². The summed E-state index contributed by atoms with van der Waals surface area (Å²) in [6.45, 7) is 3.62. The van der Waals surface area contributed by atoms with Gasteiger partial charge in [-0.3, -0.25) is 9.59 Å². The SMILES string of the molecule is Cc1ccc(/C=C2/SC(=S)N(CCC(=O)NC(C)C(=O)O)C2O)cc1. The highest BCUT2D eigenvalue weighted by Crippen LogP contribution is 2.35. The van der Waals surface area contributed by atoms with E-state index in [2.05, 4.69) is 5.32 Å². The van der Waals surface area contributed by atoms with Crippen molar-refractivity contribution in [3.63, 3.8) is 0 Å². The third-order valence-corrected chi connectivity index (χ3v) is 5.16. The zero-order chi connectivity index (χ0) is 18.6. The van der Waals surface area contributed by atoms with Crippen LogP contribution in [0.25, 0.3) is 6.08 Å². The van der Waals surface area contributed by atoms with Crippen LogP contribution < -0.4 is 5.32 Å². The van der Waals surface area contributed by atoms with Crippen molar-refractivity contribution in [3.05, 3.63) is 40.3 Å². The lowest BCUT2D eigenvalue weighted by molar-refractivity contribution is -0.141. The molecule has 1 aromatic carbocycles. The summed E-state index contributed by atoms with van der Waals surface area (Å²) < 4.78 is 0.491. The third kappa shape index (κ3) is 5.29. The smallest absolute Gasteiger partial charge is 0.325 e. The van der Waals surface area contributed by atoms with Crippen molar-refractivity contribution in [2.45, 2.75) is 32.5 Å². The Kier molecular flexibility index (Phi) is 6.57. The first kappa shape index (κ1) is 19.4. The predicted octanol–water partition coefficient (Wildman–Crippen LogP) is 1.97. The van der Waals surface area contributed by atoms with Crippen molar-refractivity contribution in [1.29, 1.82) is 0 Å². The molecule has 8 heteroatoms. The number of benzene rings is 1. The Morgan fingerprint density at radius 2 is 2.04 bits per heavy atom. The monoisotopic (exact) mass is 380 g/mol. The second-order valence-electron chi connectivity index (χ2n) is 5.77. The molecule has 25 heavy (non-hydrogen) atoms. The van der Waals surface area contributed by atoms with Crippen molar-refractivity contribution in [2.75, 3.05) is 6.54 Å².